The Morgan fingerprint density at radius 1 is 1.04 bits per heavy atom. The van der Waals surface area contributed by atoms with Crippen LogP contribution in [0.15, 0.2) is 59.5 Å². The summed E-state index contributed by atoms with van der Waals surface area (Å²) in [4.78, 5) is 13.2. The van der Waals surface area contributed by atoms with E-state index in [0.717, 1.165) is 18.4 Å². The van der Waals surface area contributed by atoms with Gasteiger partial charge >= 0.3 is 0 Å². The number of aryl methyl sites for hydroxylation is 1. The number of sulfonamides is 1. The normalized spacial score (nSPS) is 26.6. The third kappa shape index (κ3) is 3.13. The molecule has 2 aromatic rings. The Hall–Kier alpha value is -1.98. The molecule has 0 N–H and O–H groups in total. The molecule has 27 heavy (non-hydrogen) atoms. The monoisotopic (exact) mass is 383 g/mol. The smallest absolute Gasteiger partial charge is 0.243 e. The number of rotatable bonds is 3. The van der Waals surface area contributed by atoms with E-state index in [1.165, 1.54) is 9.87 Å². The lowest BCUT2D eigenvalue weighted by Crippen LogP contribution is -2.58. The van der Waals surface area contributed by atoms with Crippen molar-refractivity contribution in [3.63, 3.8) is 0 Å². The van der Waals surface area contributed by atoms with Crippen LogP contribution in [0, 0.1) is 6.92 Å². The number of piperidine rings is 1. The highest BCUT2D eigenvalue weighted by atomic mass is 32.2. The average Bonchev–Trinajstić information content (AvgIpc) is 3.02. The first-order valence-corrected chi connectivity index (χ1v) is 11.1. The van der Waals surface area contributed by atoms with Crippen molar-refractivity contribution < 1.29 is 13.2 Å². The van der Waals surface area contributed by atoms with Crippen LogP contribution in [-0.4, -0.2) is 30.6 Å². The lowest BCUT2D eigenvalue weighted by molar-refractivity contribution is -0.127. The fourth-order valence-electron chi connectivity index (χ4n) is 4.69. The first kappa shape index (κ1) is 18.4. The molecule has 0 radical (unpaired) electrons. The van der Waals surface area contributed by atoms with Gasteiger partial charge in [0, 0.05) is 13.0 Å². The van der Waals surface area contributed by atoms with Crippen molar-refractivity contribution in [2.45, 2.75) is 55.4 Å². The van der Waals surface area contributed by atoms with Crippen LogP contribution < -0.4 is 0 Å². The number of carbonyl (C=O) groups excluding carboxylic acids is 1. The zero-order chi connectivity index (χ0) is 19.1. The molecular formula is C22H25NO3S. The lowest BCUT2D eigenvalue weighted by Gasteiger charge is -2.45. The number of Topliss-reactive ketones (excluding diaryl/α,β-unsaturated/α-hetero) is 1. The highest BCUT2D eigenvalue weighted by Crippen LogP contribution is 2.47. The summed E-state index contributed by atoms with van der Waals surface area (Å²) in [5.41, 5.74) is 1.33. The molecule has 4 rings (SSSR count). The van der Waals surface area contributed by atoms with Crippen molar-refractivity contribution in [2.75, 3.05) is 6.54 Å². The van der Waals surface area contributed by atoms with E-state index >= 15 is 0 Å². The first-order valence-electron chi connectivity index (χ1n) is 9.61. The Morgan fingerprint density at radius 2 is 1.74 bits per heavy atom. The van der Waals surface area contributed by atoms with Crippen LogP contribution in [0.4, 0.5) is 0 Å². The molecule has 2 atom stereocenters. The van der Waals surface area contributed by atoms with Gasteiger partial charge in [0.15, 0.2) is 5.78 Å². The second-order valence-electron chi connectivity index (χ2n) is 7.80. The highest BCUT2D eigenvalue weighted by Gasteiger charge is 2.54. The molecule has 0 amide bonds. The molecule has 0 bridgehead atoms. The number of hydrogen-bond acceptors (Lipinski definition) is 3. The summed E-state index contributed by atoms with van der Waals surface area (Å²) in [6.07, 6.45) is 3.19. The van der Waals surface area contributed by atoms with E-state index in [4.69, 9.17) is 0 Å². The Morgan fingerprint density at radius 3 is 2.37 bits per heavy atom. The van der Waals surface area contributed by atoms with Crippen LogP contribution in [0.25, 0.3) is 0 Å². The maximum atomic E-state index is 13.4. The molecule has 1 heterocycles. The molecule has 0 aromatic heterocycles. The minimum Gasteiger partial charge on any atom is -0.298 e. The Labute approximate surface area is 161 Å². The van der Waals surface area contributed by atoms with Crippen molar-refractivity contribution in [1.29, 1.82) is 0 Å². The van der Waals surface area contributed by atoms with E-state index in [1.54, 1.807) is 12.1 Å². The van der Waals surface area contributed by atoms with Crippen molar-refractivity contribution >= 4 is 15.8 Å². The number of carbonyl (C=O) groups is 1. The number of nitrogens with zero attached hydrogens (tertiary/aromatic N) is 1. The van der Waals surface area contributed by atoms with Crippen LogP contribution in [-0.2, 0) is 14.8 Å². The summed E-state index contributed by atoms with van der Waals surface area (Å²) in [6.45, 7) is 2.32. The second-order valence-corrected chi connectivity index (χ2v) is 9.66. The fourth-order valence-corrected chi connectivity index (χ4v) is 6.50. The number of ketones is 1. The van der Waals surface area contributed by atoms with Gasteiger partial charge in [-0.05, 0) is 56.2 Å². The maximum absolute atomic E-state index is 13.4. The molecule has 1 saturated carbocycles. The van der Waals surface area contributed by atoms with E-state index in [9.17, 15) is 13.2 Å². The third-order valence-corrected chi connectivity index (χ3v) is 8.12. The summed E-state index contributed by atoms with van der Waals surface area (Å²) in [7, 11) is -3.70. The molecule has 4 nitrogen and oxygen atoms in total. The molecule has 1 spiro atoms. The van der Waals surface area contributed by atoms with Gasteiger partial charge in [-0.25, -0.2) is 8.42 Å². The lowest BCUT2D eigenvalue weighted by atomic mass is 9.77. The van der Waals surface area contributed by atoms with Gasteiger partial charge in [0.25, 0.3) is 0 Å². The van der Waals surface area contributed by atoms with Crippen LogP contribution >= 0.6 is 0 Å². The van der Waals surface area contributed by atoms with Crippen LogP contribution in [0.1, 0.15) is 49.1 Å². The van der Waals surface area contributed by atoms with Gasteiger partial charge in [-0.3, -0.25) is 4.79 Å². The predicted molar refractivity (Wildman–Crippen MR) is 105 cm³/mol. The molecule has 142 valence electrons. The van der Waals surface area contributed by atoms with Gasteiger partial charge < -0.3 is 0 Å². The van der Waals surface area contributed by atoms with Crippen LogP contribution in [0.2, 0.25) is 0 Å². The minimum atomic E-state index is -3.70. The third-order valence-electron chi connectivity index (χ3n) is 6.14. The molecule has 2 fully saturated rings. The molecule has 1 aliphatic carbocycles. The quantitative estimate of drug-likeness (QED) is 0.803. The molecule has 1 aliphatic heterocycles. The van der Waals surface area contributed by atoms with Crippen LogP contribution in [0.3, 0.4) is 0 Å². The second kappa shape index (κ2) is 6.88. The van der Waals surface area contributed by atoms with Gasteiger partial charge in [0.2, 0.25) is 10.0 Å². The van der Waals surface area contributed by atoms with Crippen molar-refractivity contribution in [2.24, 2.45) is 0 Å². The first-order chi connectivity index (χ1) is 12.9. The van der Waals surface area contributed by atoms with Crippen LogP contribution in [0.5, 0.6) is 0 Å². The number of hydrogen-bond donors (Lipinski definition) is 0. The Balaban J connectivity index is 1.73. The van der Waals surface area contributed by atoms with E-state index < -0.39 is 15.6 Å². The molecule has 5 heteroatoms. The summed E-state index contributed by atoms with van der Waals surface area (Å²) < 4.78 is 28.4. The summed E-state index contributed by atoms with van der Waals surface area (Å²) >= 11 is 0. The Kier molecular flexibility index (Phi) is 4.68. The standard InChI is InChI=1S/C22H25NO3S/c1-17-9-11-20(12-10-17)27(25,26)23-15-13-19(18-6-3-2-4-7-18)16-22(23)14-5-8-21(22)24/h2-4,6-7,9-12,19H,5,8,13-16H2,1H3/t19-,22+/m0/s1. The van der Waals surface area contributed by atoms with E-state index in [-0.39, 0.29) is 16.6 Å². The van der Waals surface area contributed by atoms with E-state index in [0.29, 0.717) is 25.8 Å². The zero-order valence-electron chi connectivity index (χ0n) is 15.6. The fraction of sp³-hybridized carbons (Fsp3) is 0.409. The van der Waals surface area contributed by atoms with E-state index in [2.05, 4.69) is 12.1 Å². The number of benzene rings is 2. The van der Waals surface area contributed by atoms with Crippen molar-refractivity contribution in [3.8, 4) is 0 Å². The molecule has 2 aromatic carbocycles. The Bertz CT molecular complexity index is 937. The van der Waals surface area contributed by atoms with Gasteiger partial charge in [0.05, 0.1) is 10.4 Å². The average molecular weight is 384 g/mol. The summed E-state index contributed by atoms with van der Waals surface area (Å²) in [5.74, 6) is 0.302. The SMILES string of the molecule is Cc1ccc(S(=O)(=O)N2CC[C@H](c3ccccc3)C[C@@]23CCCC3=O)cc1. The van der Waals surface area contributed by atoms with Gasteiger partial charge in [0.1, 0.15) is 0 Å². The summed E-state index contributed by atoms with van der Waals surface area (Å²) in [6, 6.07) is 17.1. The summed E-state index contributed by atoms with van der Waals surface area (Å²) in [5, 5.41) is 0. The topological polar surface area (TPSA) is 54.5 Å². The zero-order valence-corrected chi connectivity index (χ0v) is 16.4. The molecule has 2 aliphatic rings. The minimum absolute atomic E-state index is 0.0822. The van der Waals surface area contributed by atoms with Gasteiger partial charge in [-0.1, -0.05) is 48.0 Å². The molecule has 0 unspecified atom stereocenters. The predicted octanol–water partition coefficient (Wildman–Crippen LogP) is 4.06. The highest BCUT2D eigenvalue weighted by molar-refractivity contribution is 7.89. The molecular weight excluding hydrogens is 358 g/mol. The van der Waals surface area contributed by atoms with Crippen molar-refractivity contribution in [1.82, 2.24) is 4.31 Å². The van der Waals surface area contributed by atoms with Gasteiger partial charge in [-0.15, -0.1) is 0 Å². The largest absolute Gasteiger partial charge is 0.298 e. The van der Waals surface area contributed by atoms with Crippen molar-refractivity contribution in [3.05, 3.63) is 65.7 Å². The van der Waals surface area contributed by atoms with Gasteiger partial charge in [-0.2, -0.15) is 4.31 Å². The maximum Gasteiger partial charge on any atom is 0.243 e. The van der Waals surface area contributed by atoms with E-state index in [1.807, 2.05) is 37.3 Å². The molecule has 1 saturated heterocycles.